The molecular formula is C17H14F3N7. The van der Waals surface area contributed by atoms with Gasteiger partial charge in [0.15, 0.2) is 17.2 Å². The Morgan fingerprint density at radius 1 is 1.04 bits per heavy atom. The van der Waals surface area contributed by atoms with Gasteiger partial charge >= 0.3 is 6.18 Å². The van der Waals surface area contributed by atoms with E-state index in [-0.39, 0.29) is 5.65 Å². The van der Waals surface area contributed by atoms with Crippen molar-refractivity contribution in [1.29, 1.82) is 5.26 Å². The first-order chi connectivity index (χ1) is 13.0. The number of pyridine rings is 1. The van der Waals surface area contributed by atoms with Crippen LogP contribution in [0.1, 0.15) is 11.3 Å². The van der Waals surface area contributed by atoms with Gasteiger partial charge in [-0.2, -0.15) is 18.4 Å². The van der Waals surface area contributed by atoms with Gasteiger partial charge < -0.3 is 14.2 Å². The zero-order valence-electron chi connectivity index (χ0n) is 14.1. The number of hydrogen-bond donors (Lipinski definition) is 0. The van der Waals surface area contributed by atoms with Crippen molar-refractivity contribution in [3.05, 3.63) is 48.2 Å². The molecule has 3 aromatic rings. The van der Waals surface area contributed by atoms with Crippen molar-refractivity contribution < 1.29 is 13.2 Å². The Hall–Kier alpha value is -3.35. The molecule has 10 heteroatoms. The molecule has 0 unspecified atom stereocenters. The van der Waals surface area contributed by atoms with Crippen molar-refractivity contribution in [3.8, 4) is 6.07 Å². The highest BCUT2D eigenvalue weighted by molar-refractivity contribution is 5.65. The van der Waals surface area contributed by atoms with Gasteiger partial charge in [-0.25, -0.2) is 15.0 Å². The molecule has 0 saturated carbocycles. The average Bonchev–Trinajstić information content (AvgIpc) is 3.13. The van der Waals surface area contributed by atoms with E-state index in [9.17, 15) is 13.2 Å². The van der Waals surface area contributed by atoms with Gasteiger partial charge in [0.25, 0.3) is 0 Å². The van der Waals surface area contributed by atoms with Gasteiger partial charge in [-0.15, -0.1) is 0 Å². The second-order valence-corrected chi connectivity index (χ2v) is 6.09. The molecule has 0 N–H and O–H groups in total. The summed E-state index contributed by atoms with van der Waals surface area (Å²) < 4.78 is 40.2. The number of halogens is 3. The number of hydrogen-bond acceptors (Lipinski definition) is 6. The summed E-state index contributed by atoms with van der Waals surface area (Å²) in [4.78, 5) is 16.2. The monoisotopic (exact) mass is 373 g/mol. The van der Waals surface area contributed by atoms with E-state index in [1.807, 2.05) is 9.80 Å². The maximum Gasteiger partial charge on any atom is 0.434 e. The molecule has 0 spiro atoms. The van der Waals surface area contributed by atoms with Gasteiger partial charge in [0.1, 0.15) is 5.82 Å². The number of rotatable bonds is 2. The number of nitriles is 1. The Labute approximate surface area is 152 Å². The number of alkyl halides is 3. The molecule has 1 fully saturated rings. The molecule has 1 aliphatic heterocycles. The molecule has 0 atom stereocenters. The number of aromatic nitrogens is 4. The molecule has 0 aliphatic carbocycles. The molecule has 4 rings (SSSR count). The molecule has 1 aliphatic rings. The van der Waals surface area contributed by atoms with Crippen LogP contribution < -0.4 is 9.80 Å². The zero-order valence-corrected chi connectivity index (χ0v) is 14.1. The van der Waals surface area contributed by atoms with Crippen LogP contribution in [0, 0.1) is 11.3 Å². The molecule has 0 radical (unpaired) electrons. The highest BCUT2D eigenvalue weighted by Crippen LogP contribution is 2.30. The summed E-state index contributed by atoms with van der Waals surface area (Å²) in [5, 5.41) is 9.01. The van der Waals surface area contributed by atoms with Crippen LogP contribution in [0.3, 0.4) is 0 Å². The summed E-state index contributed by atoms with van der Waals surface area (Å²) in [7, 11) is 0. The molecule has 4 heterocycles. The summed E-state index contributed by atoms with van der Waals surface area (Å²) in [6, 6.07) is 5.45. The number of nitrogens with zero attached hydrogens (tertiary/aromatic N) is 7. The van der Waals surface area contributed by atoms with Crippen molar-refractivity contribution >= 4 is 17.3 Å². The van der Waals surface area contributed by atoms with Crippen LogP contribution in [-0.4, -0.2) is 45.5 Å². The molecule has 27 heavy (non-hydrogen) atoms. The third kappa shape index (κ3) is 3.23. The van der Waals surface area contributed by atoms with Crippen molar-refractivity contribution in [2.75, 3.05) is 36.0 Å². The first kappa shape index (κ1) is 17.1. The van der Waals surface area contributed by atoms with Gasteiger partial charge in [-0.1, -0.05) is 0 Å². The van der Waals surface area contributed by atoms with Gasteiger partial charge in [-0.3, -0.25) is 0 Å². The average molecular weight is 373 g/mol. The quantitative estimate of drug-likeness (QED) is 0.687. The lowest BCUT2D eigenvalue weighted by Crippen LogP contribution is -2.47. The van der Waals surface area contributed by atoms with E-state index in [2.05, 4.69) is 21.0 Å². The van der Waals surface area contributed by atoms with E-state index < -0.39 is 11.9 Å². The lowest BCUT2D eigenvalue weighted by Gasteiger charge is -2.36. The van der Waals surface area contributed by atoms with E-state index in [0.29, 0.717) is 43.4 Å². The van der Waals surface area contributed by atoms with Crippen LogP contribution in [0.2, 0.25) is 0 Å². The van der Waals surface area contributed by atoms with E-state index in [0.717, 1.165) is 6.20 Å². The largest absolute Gasteiger partial charge is 0.434 e. The van der Waals surface area contributed by atoms with Crippen LogP contribution >= 0.6 is 0 Å². The number of fused-ring (bicyclic) bond motifs is 1. The van der Waals surface area contributed by atoms with Gasteiger partial charge in [0, 0.05) is 51.0 Å². The lowest BCUT2D eigenvalue weighted by molar-refractivity contribution is -0.140. The lowest BCUT2D eigenvalue weighted by atomic mass is 10.2. The second kappa shape index (κ2) is 6.42. The van der Waals surface area contributed by atoms with Crippen molar-refractivity contribution in [2.24, 2.45) is 0 Å². The molecule has 0 bridgehead atoms. The highest BCUT2D eigenvalue weighted by atomic mass is 19.4. The molecule has 1 saturated heterocycles. The Kier molecular flexibility index (Phi) is 4.07. The van der Waals surface area contributed by atoms with Crippen molar-refractivity contribution in [2.45, 2.75) is 6.18 Å². The third-order valence-corrected chi connectivity index (χ3v) is 4.42. The summed E-state index contributed by atoms with van der Waals surface area (Å²) in [5.74, 6) is 1.13. The first-order valence-electron chi connectivity index (χ1n) is 8.22. The summed E-state index contributed by atoms with van der Waals surface area (Å²) in [6.45, 7) is 2.33. The molecule has 0 aromatic carbocycles. The topological polar surface area (TPSA) is 73.4 Å². The Morgan fingerprint density at radius 3 is 2.48 bits per heavy atom. The first-order valence-corrected chi connectivity index (χ1v) is 8.22. The van der Waals surface area contributed by atoms with Crippen LogP contribution in [-0.2, 0) is 6.18 Å². The molecular weight excluding hydrogens is 359 g/mol. The van der Waals surface area contributed by atoms with Crippen LogP contribution in [0.15, 0.2) is 36.9 Å². The predicted molar refractivity (Wildman–Crippen MR) is 91.4 cm³/mol. The Balaban J connectivity index is 1.56. The summed E-state index contributed by atoms with van der Waals surface area (Å²) >= 11 is 0. The minimum absolute atomic E-state index is 0.183. The Bertz CT molecular complexity index is 1010. The minimum atomic E-state index is -4.50. The van der Waals surface area contributed by atoms with Crippen LogP contribution in [0.5, 0.6) is 0 Å². The van der Waals surface area contributed by atoms with Gasteiger partial charge in [0.2, 0.25) is 0 Å². The molecule has 7 nitrogen and oxygen atoms in total. The fourth-order valence-corrected chi connectivity index (χ4v) is 3.07. The number of imidazole rings is 1. The summed E-state index contributed by atoms with van der Waals surface area (Å²) in [5.41, 5.74) is -0.221. The van der Waals surface area contributed by atoms with Gasteiger partial charge in [-0.05, 0) is 12.1 Å². The van der Waals surface area contributed by atoms with E-state index in [1.165, 1.54) is 16.8 Å². The molecule has 3 aromatic heterocycles. The smallest absolute Gasteiger partial charge is 0.353 e. The van der Waals surface area contributed by atoms with Crippen LogP contribution in [0.4, 0.5) is 24.8 Å². The summed E-state index contributed by atoms with van der Waals surface area (Å²) in [6.07, 6.45) is 0.975. The fourth-order valence-electron chi connectivity index (χ4n) is 3.07. The Morgan fingerprint density at radius 2 is 1.78 bits per heavy atom. The maximum atomic E-state index is 13.0. The predicted octanol–water partition coefficient (Wildman–Crippen LogP) is 2.34. The number of anilines is 2. The standard InChI is InChI=1S/C17H14F3N7/c18-17(19,20)13-11-27-4-3-23-15(16(27)24-13)26-7-5-25(6-8-26)14-9-12(10-21)1-2-22-14/h1-4,9,11H,5-8H2. The third-order valence-electron chi connectivity index (χ3n) is 4.42. The van der Waals surface area contributed by atoms with Crippen molar-refractivity contribution in [1.82, 2.24) is 19.4 Å². The fraction of sp³-hybridized carbons (Fsp3) is 0.294. The van der Waals surface area contributed by atoms with E-state index >= 15 is 0 Å². The molecule has 138 valence electrons. The number of piperazine rings is 1. The highest BCUT2D eigenvalue weighted by Gasteiger charge is 2.34. The molecule has 0 amide bonds. The van der Waals surface area contributed by atoms with Crippen LogP contribution in [0.25, 0.3) is 5.65 Å². The normalized spacial score (nSPS) is 15.2. The van der Waals surface area contributed by atoms with Crippen molar-refractivity contribution in [3.63, 3.8) is 0 Å². The zero-order chi connectivity index (χ0) is 19.0. The maximum absolute atomic E-state index is 13.0. The van der Waals surface area contributed by atoms with E-state index in [4.69, 9.17) is 5.26 Å². The SMILES string of the molecule is N#Cc1ccnc(N2CCN(c3nccn4cc(C(F)(F)F)nc34)CC2)c1. The second-order valence-electron chi connectivity index (χ2n) is 6.09. The van der Waals surface area contributed by atoms with E-state index in [1.54, 1.807) is 18.3 Å². The van der Waals surface area contributed by atoms with Gasteiger partial charge in [0.05, 0.1) is 11.6 Å². The minimum Gasteiger partial charge on any atom is -0.353 e.